The van der Waals surface area contributed by atoms with Gasteiger partial charge in [-0.25, -0.2) is 0 Å². The van der Waals surface area contributed by atoms with Gasteiger partial charge in [0.25, 0.3) is 5.69 Å². The summed E-state index contributed by atoms with van der Waals surface area (Å²) in [5.41, 5.74) is 1.04. The van der Waals surface area contributed by atoms with Gasteiger partial charge in [-0.05, 0) is 25.2 Å². The van der Waals surface area contributed by atoms with Gasteiger partial charge in [-0.3, -0.25) is 10.1 Å². The van der Waals surface area contributed by atoms with Crippen molar-refractivity contribution in [3.05, 3.63) is 33.9 Å². The van der Waals surface area contributed by atoms with Crippen LogP contribution in [-0.2, 0) is 0 Å². The molecule has 0 fully saturated rings. The number of nitrogens with zero attached hydrogens (tertiary/aromatic N) is 2. The second-order valence-electron chi connectivity index (χ2n) is 2.38. The molecule has 66 valence electrons. The Hall–Kier alpha value is -1.58. The summed E-state index contributed by atoms with van der Waals surface area (Å²) in [6, 6.07) is 4.65. The van der Waals surface area contributed by atoms with Gasteiger partial charge in [0.2, 0.25) is 0 Å². The molecule has 13 heavy (non-hydrogen) atoms. The van der Waals surface area contributed by atoms with Crippen molar-refractivity contribution in [2.24, 2.45) is 4.99 Å². The Bertz CT molecular complexity index is 377. The van der Waals surface area contributed by atoms with Gasteiger partial charge < -0.3 is 0 Å². The predicted octanol–water partition coefficient (Wildman–Crippen LogP) is 2.64. The Morgan fingerprint density at radius 2 is 2.31 bits per heavy atom. The van der Waals surface area contributed by atoms with Crippen LogP contribution in [0.3, 0.4) is 0 Å². The van der Waals surface area contributed by atoms with Crippen LogP contribution in [0.5, 0.6) is 0 Å². The van der Waals surface area contributed by atoms with E-state index < -0.39 is 4.92 Å². The molecule has 0 bridgehead atoms. The van der Waals surface area contributed by atoms with Gasteiger partial charge in [-0.15, -0.1) is 0 Å². The van der Waals surface area contributed by atoms with Crippen molar-refractivity contribution < 1.29 is 4.92 Å². The summed E-state index contributed by atoms with van der Waals surface area (Å²) in [5, 5.41) is 12.7. The van der Waals surface area contributed by atoms with Crippen LogP contribution >= 0.6 is 12.2 Å². The molecule has 0 saturated heterocycles. The zero-order valence-corrected chi connectivity index (χ0v) is 7.67. The van der Waals surface area contributed by atoms with E-state index in [0.29, 0.717) is 11.3 Å². The molecule has 0 unspecified atom stereocenters. The fraction of sp³-hybridized carbons (Fsp3) is 0.125. The maximum atomic E-state index is 10.5. The number of hydrogen-bond acceptors (Lipinski definition) is 4. The normalized spacial score (nSPS) is 9.00. The van der Waals surface area contributed by atoms with E-state index in [4.69, 9.17) is 0 Å². The largest absolute Gasteiger partial charge is 0.274 e. The van der Waals surface area contributed by atoms with E-state index in [1.165, 1.54) is 6.07 Å². The quantitative estimate of drug-likeness (QED) is 0.315. The lowest BCUT2D eigenvalue weighted by Crippen LogP contribution is -1.90. The number of thiocarbonyl (C=S) groups is 1. The van der Waals surface area contributed by atoms with Gasteiger partial charge in [-0.2, -0.15) is 4.99 Å². The molecule has 0 amide bonds. The second-order valence-corrected chi connectivity index (χ2v) is 2.56. The zero-order valence-electron chi connectivity index (χ0n) is 6.85. The number of aliphatic imine (C=N–C) groups is 1. The van der Waals surface area contributed by atoms with E-state index in [0.717, 1.165) is 0 Å². The lowest BCUT2D eigenvalue weighted by molar-refractivity contribution is -0.385. The highest BCUT2D eigenvalue weighted by molar-refractivity contribution is 7.78. The smallest absolute Gasteiger partial charge is 0.258 e. The van der Waals surface area contributed by atoms with E-state index in [1.807, 2.05) is 0 Å². The van der Waals surface area contributed by atoms with Crippen molar-refractivity contribution in [2.75, 3.05) is 0 Å². The lowest BCUT2D eigenvalue weighted by Gasteiger charge is -1.98. The highest BCUT2D eigenvalue weighted by Gasteiger charge is 2.11. The first-order valence-electron chi connectivity index (χ1n) is 3.48. The summed E-state index contributed by atoms with van der Waals surface area (Å²) in [4.78, 5) is 13.8. The molecule has 0 aromatic heterocycles. The van der Waals surface area contributed by atoms with Crippen LogP contribution in [0.1, 0.15) is 5.56 Å². The van der Waals surface area contributed by atoms with Crippen LogP contribution in [0.15, 0.2) is 23.2 Å². The summed E-state index contributed by atoms with van der Waals surface area (Å²) in [6.07, 6.45) is 0. The Morgan fingerprint density at radius 1 is 1.62 bits per heavy atom. The molecule has 0 aliphatic carbocycles. The van der Waals surface area contributed by atoms with E-state index in [-0.39, 0.29) is 5.69 Å². The molecule has 1 aromatic rings. The van der Waals surface area contributed by atoms with E-state index in [2.05, 4.69) is 22.4 Å². The van der Waals surface area contributed by atoms with E-state index in [9.17, 15) is 10.1 Å². The van der Waals surface area contributed by atoms with Crippen LogP contribution < -0.4 is 0 Å². The van der Waals surface area contributed by atoms with Crippen molar-refractivity contribution in [1.82, 2.24) is 0 Å². The molecule has 0 radical (unpaired) electrons. The molecule has 5 heteroatoms. The number of nitro groups is 1. The van der Waals surface area contributed by atoms with Gasteiger partial charge in [0, 0.05) is 6.07 Å². The Kier molecular flexibility index (Phi) is 2.84. The van der Waals surface area contributed by atoms with E-state index in [1.54, 1.807) is 19.1 Å². The highest BCUT2D eigenvalue weighted by Crippen LogP contribution is 2.26. The fourth-order valence-electron chi connectivity index (χ4n) is 0.980. The molecule has 4 nitrogen and oxygen atoms in total. The summed E-state index contributed by atoms with van der Waals surface area (Å²) >= 11 is 4.42. The first kappa shape index (κ1) is 9.51. The van der Waals surface area contributed by atoms with Gasteiger partial charge in [-0.1, -0.05) is 6.07 Å². The van der Waals surface area contributed by atoms with Crippen LogP contribution in [0, 0.1) is 17.0 Å². The molecule has 0 atom stereocenters. The van der Waals surface area contributed by atoms with Gasteiger partial charge in [0.1, 0.15) is 0 Å². The molecular formula is C8H6N2O2S. The topological polar surface area (TPSA) is 55.5 Å². The summed E-state index contributed by atoms with van der Waals surface area (Å²) in [6.45, 7) is 1.63. The van der Waals surface area contributed by atoms with Gasteiger partial charge in [0.05, 0.1) is 21.3 Å². The number of hydrogen-bond donors (Lipinski definition) is 0. The lowest BCUT2D eigenvalue weighted by atomic mass is 10.1. The third-order valence-corrected chi connectivity index (χ3v) is 1.73. The SMILES string of the molecule is Cc1c(N=C=S)cccc1[N+](=O)[O-]. The molecular weight excluding hydrogens is 188 g/mol. The number of nitro benzene ring substituents is 1. The monoisotopic (exact) mass is 194 g/mol. The van der Waals surface area contributed by atoms with Crippen LogP contribution in [-0.4, -0.2) is 10.1 Å². The summed E-state index contributed by atoms with van der Waals surface area (Å²) in [5.74, 6) is 0. The Morgan fingerprint density at radius 3 is 2.85 bits per heavy atom. The van der Waals surface area contributed by atoms with Gasteiger partial charge >= 0.3 is 0 Å². The predicted molar refractivity (Wildman–Crippen MR) is 52.5 cm³/mol. The van der Waals surface area contributed by atoms with Crippen molar-refractivity contribution in [3.8, 4) is 0 Å². The summed E-state index contributed by atoms with van der Waals surface area (Å²) < 4.78 is 0. The molecule has 1 aromatic carbocycles. The Balaban J connectivity index is 3.34. The third kappa shape index (κ3) is 1.96. The minimum absolute atomic E-state index is 0.0477. The van der Waals surface area contributed by atoms with Crippen molar-refractivity contribution >= 4 is 28.8 Å². The fourth-order valence-corrected chi connectivity index (χ4v) is 1.08. The molecule has 0 saturated carbocycles. The minimum Gasteiger partial charge on any atom is -0.258 e. The molecule has 0 aliphatic rings. The molecule has 0 spiro atoms. The third-order valence-electron chi connectivity index (χ3n) is 1.64. The number of benzene rings is 1. The maximum Gasteiger partial charge on any atom is 0.274 e. The molecule has 0 N–H and O–H groups in total. The first-order chi connectivity index (χ1) is 6.16. The first-order valence-corrected chi connectivity index (χ1v) is 3.89. The standard InChI is InChI=1S/C8H6N2O2S/c1-6-7(9-5-13)3-2-4-8(6)10(11)12/h2-4H,1H3. The van der Waals surface area contributed by atoms with Crippen molar-refractivity contribution in [1.29, 1.82) is 0 Å². The maximum absolute atomic E-state index is 10.5. The number of rotatable bonds is 2. The van der Waals surface area contributed by atoms with Crippen LogP contribution in [0.25, 0.3) is 0 Å². The highest BCUT2D eigenvalue weighted by atomic mass is 32.1. The average Bonchev–Trinajstić information content (AvgIpc) is 2.08. The zero-order chi connectivity index (χ0) is 9.84. The van der Waals surface area contributed by atoms with Gasteiger partial charge in [0.15, 0.2) is 0 Å². The molecule has 0 aliphatic heterocycles. The van der Waals surface area contributed by atoms with E-state index >= 15 is 0 Å². The van der Waals surface area contributed by atoms with Crippen molar-refractivity contribution in [3.63, 3.8) is 0 Å². The van der Waals surface area contributed by atoms with Crippen molar-refractivity contribution in [2.45, 2.75) is 6.92 Å². The molecule has 1 rings (SSSR count). The minimum atomic E-state index is -0.447. The van der Waals surface area contributed by atoms with Crippen LogP contribution in [0.4, 0.5) is 11.4 Å². The average molecular weight is 194 g/mol. The Labute approximate surface area is 80.1 Å². The second kappa shape index (κ2) is 3.89. The molecule has 0 heterocycles. The number of isothiocyanates is 1. The summed E-state index contributed by atoms with van der Waals surface area (Å²) in [7, 11) is 0. The van der Waals surface area contributed by atoms with Crippen LogP contribution in [0.2, 0.25) is 0 Å².